The molecule has 0 aliphatic carbocycles. The van der Waals surface area contributed by atoms with Crippen LogP contribution in [0, 0.1) is 5.92 Å². The first kappa shape index (κ1) is 17.3. The van der Waals surface area contributed by atoms with E-state index in [2.05, 4.69) is 53.5 Å². The smallest absolute Gasteiger partial charge is 0.109 e. The van der Waals surface area contributed by atoms with Gasteiger partial charge in [0.2, 0.25) is 0 Å². The molecule has 0 saturated heterocycles. The van der Waals surface area contributed by atoms with Crippen LogP contribution in [0.25, 0.3) is 0 Å². The van der Waals surface area contributed by atoms with Gasteiger partial charge in [0.25, 0.3) is 0 Å². The Bertz CT molecular complexity index is 392. The molecule has 3 atom stereocenters. The van der Waals surface area contributed by atoms with E-state index < -0.39 is 0 Å². The minimum atomic E-state index is 0.542. The molecule has 1 aromatic rings. The van der Waals surface area contributed by atoms with Crippen LogP contribution in [0.15, 0.2) is 0 Å². The number of nitrogens with zero attached hydrogens (tertiary/aromatic N) is 1. The third-order valence-corrected chi connectivity index (χ3v) is 4.61. The van der Waals surface area contributed by atoms with Crippen molar-refractivity contribution in [3.05, 3.63) is 17.2 Å². The van der Waals surface area contributed by atoms with Crippen LogP contribution in [0.4, 0.5) is 0 Å². The summed E-state index contributed by atoms with van der Waals surface area (Å²) in [5.41, 5.74) is 2.71. The molecule has 0 aromatic carbocycles. The number of hydrogen-bond donors (Lipinski definition) is 1. The molecule has 0 spiro atoms. The van der Waals surface area contributed by atoms with Crippen LogP contribution in [-0.2, 0) is 0 Å². The number of aromatic nitrogens is 2. The number of rotatable bonds is 8. The van der Waals surface area contributed by atoms with Crippen LogP contribution in [0.3, 0.4) is 0 Å². The summed E-state index contributed by atoms with van der Waals surface area (Å²) in [5, 5.41) is 0. The molecule has 0 bridgehead atoms. The van der Waals surface area contributed by atoms with E-state index in [4.69, 9.17) is 4.98 Å². The van der Waals surface area contributed by atoms with Crippen molar-refractivity contribution in [3.8, 4) is 0 Å². The zero-order chi connectivity index (χ0) is 15.3. The fraction of sp³-hybridized carbons (Fsp3) is 0.833. The van der Waals surface area contributed by atoms with E-state index >= 15 is 0 Å². The van der Waals surface area contributed by atoms with Crippen LogP contribution >= 0.6 is 0 Å². The van der Waals surface area contributed by atoms with E-state index in [-0.39, 0.29) is 0 Å². The Kier molecular flexibility index (Phi) is 6.78. The highest BCUT2D eigenvalue weighted by Crippen LogP contribution is 2.33. The molecule has 3 unspecified atom stereocenters. The van der Waals surface area contributed by atoms with Crippen molar-refractivity contribution >= 4 is 0 Å². The Morgan fingerprint density at radius 1 is 0.900 bits per heavy atom. The summed E-state index contributed by atoms with van der Waals surface area (Å²) in [5.74, 6) is 3.51. The number of H-pyrrole nitrogens is 1. The van der Waals surface area contributed by atoms with Gasteiger partial charge in [0, 0.05) is 23.4 Å². The van der Waals surface area contributed by atoms with Crippen molar-refractivity contribution in [1.82, 2.24) is 9.97 Å². The van der Waals surface area contributed by atoms with E-state index in [1.807, 2.05) is 0 Å². The third kappa shape index (κ3) is 4.10. The van der Waals surface area contributed by atoms with Gasteiger partial charge in [0.05, 0.1) is 5.69 Å². The zero-order valence-corrected chi connectivity index (χ0v) is 14.6. The van der Waals surface area contributed by atoms with Gasteiger partial charge in [-0.2, -0.15) is 0 Å². The predicted molar refractivity (Wildman–Crippen MR) is 88.5 cm³/mol. The largest absolute Gasteiger partial charge is 0.345 e. The second kappa shape index (κ2) is 7.85. The van der Waals surface area contributed by atoms with E-state index in [0.717, 1.165) is 0 Å². The van der Waals surface area contributed by atoms with Crippen molar-refractivity contribution in [2.75, 3.05) is 0 Å². The number of nitrogens with one attached hydrogen (secondary N) is 1. The third-order valence-electron chi connectivity index (χ3n) is 4.61. The van der Waals surface area contributed by atoms with E-state index in [9.17, 15) is 0 Å². The summed E-state index contributed by atoms with van der Waals surface area (Å²) in [6.07, 6.45) is 4.88. The molecule has 0 radical (unpaired) electrons. The highest BCUT2D eigenvalue weighted by Gasteiger charge is 2.23. The molecule has 2 nitrogen and oxygen atoms in total. The molecule has 0 aliphatic heterocycles. The van der Waals surface area contributed by atoms with Gasteiger partial charge in [0.1, 0.15) is 5.82 Å². The number of aromatic amines is 1. The van der Waals surface area contributed by atoms with E-state index in [1.165, 1.54) is 42.9 Å². The normalized spacial score (nSPS) is 16.4. The Balaban J connectivity index is 3.11. The first-order valence-electron chi connectivity index (χ1n) is 8.51. The summed E-state index contributed by atoms with van der Waals surface area (Å²) in [6, 6.07) is 0. The first-order chi connectivity index (χ1) is 9.42. The molecule has 2 heteroatoms. The maximum Gasteiger partial charge on any atom is 0.109 e. The highest BCUT2D eigenvalue weighted by atomic mass is 15.0. The van der Waals surface area contributed by atoms with Crippen LogP contribution in [-0.4, -0.2) is 9.97 Å². The molecule has 20 heavy (non-hydrogen) atoms. The van der Waals surface area contributed by atoms with Gasteiger partial charge in [-0.05, 0) is 18.8 Å². The fourth-order valence-electron chi connectivity index (χ4n) is 2.85. The second-order valence-electron chi connectivity index (χ2n) is 6.83. The predicted octanol–water partition coefficient (Wildman–Crippen LogP) is 5.98. The minimum Gasteiger partial charge on any atom is -0.345 e. The van der Waals surface area contributed by atoms with Gasteiger partial charge in [-0.1, -0.05) is 61.3 Å². The summed E-state index contributed by atoms with van der Waals surface area (Å²) < 4.78 is 0. The van der Waals surface area contributed by atoms with Gasteiger partial charge < -0.3 is 4.98 Å². The summed E-state index contributed by atoms with van der Waals surface area (Å²) in [6.45, 7) is 16.1. The van der Waals surface area contributed by atoms with Crippen molar-refractivity contribution in [2.24, 2.45) is 5.92 Å². The lowest BCUT2D eigenvalue weighted by Crippen LogP contribution is -2.07. The molecule has 0 fully saturated rings. The lowest BCUT2D eigenvalue weighted by molar-refractivity contribution is 0.512. The summed E-state index contributed by atoms with van der Waals surface area (Å²) >= 11 is 0. The van der Waals surface area contributed by atoms with Crippen molar-refractivity contribution < 1.29 is 0 Å². The fourth-order valence-corrected chi connectivity index (χ4v) is 2.85. The lowest BCUT2D eigenvalue weighted by atomic mass is 9.89. The van der Waals surface area contributed by atoms with Crippen molar-refractivity contribution in [2.45, 2.75) is 91.9 Å². The van der Waals surface area contributed by atoms with Crippen LogP contribution < -0.4 is 0 Å². The lowest BCUT2D eigenvalue weighted by Gasteiger charge is -2.18. The van der Waals surface area contributed by atoms with E-state index in [0.29, 0.717) is 23.7 Å². The summed E-state index contributed by atoms with van der Waals surface area (Å²) in [4.78, 5) is 8.67. The van der Waals surface area contributed by atoms with Gasteiger partial charge in [0.15, 0.2) is 0 Å². The molecule has 1 rings (SSSR count). The Hall–Kier alpha value is -0.790. The minimum absolute atomic E-state index is 0.542. The van der Waals surface area contributed by atoms with Crippen LogP contribution in [0.2, 0.25) is 0 Å². The Morgan fingerprint density at radius 2 is 1.45 bits per heavy atom. The van der Waals surface area contributed by atoms with Crippen LogP contribution in [0.1, 0.15) is 109 Å². The van der Waals surface area contributed by atoms with Crippen LogP contribution in [0.5, 0.6) is 0 Å². The molecule has 116 valence electrons. The molecular weight excluding hydrogens is 244 g/mol. The molecule has 0 aliphatic rings. The maximum absolute atomic E-state index is 5.00. The number of imidazole rings is 1. The molecule has 1 N–H and O–H groups in total. The highest BCUT2D eigenvalue weighted by molar-refractivity contribution is 5.24. The summed E-state index contributed by atoms with van der Waals surface area (Å²) in [7, 11) is 0. The zero-order valence-electron chi connectivity index (χ0n) is 14.6. The topological polar surface area (TPSA) is 28.7 Å². The van der Waals surface area contributed by atoms with Gasteiger partial charge in [-0.25, -0.2) is 4.98 Å². The van der Waals surface area contributed by atoms with E-state index in [1.54, 1.807) is 0 Å². The van der Waals surface area contributed by atoms with Crippen molar-refractivity contribution in [3.63, 3.8) is 0 Å². The van der Waals surface area contributed by atoms with Gasteiger partial charge in [-0.15, -0.1) is 0 Å². The quantitative estimate of drug-likeness (QED) is 0.623. The van der Waals surface area contributed by atoms with Crippen molar-refractivity contribution in [1.29, 1.82) is 0 Å². The molecular formula is C18H34N2. The Labute approximate surface area is 125 Å². The Morgan fingerprint density at radius 3 is 1.95 bits per heavy atom. The molecule has 1 aromatic heterocycles. The van der Waals surface area contributed by atoms with Gasteiger partial charge in [-0.3, -0.25) is 0 Å². The monoisotopic (exact) mass is 278 g/mol. The molecule has 0 amide bonds. The standard InChI is InChI=1S/C18H34N2/c1-8-10-13(5)16-17(15(7)12(3)4)20-18(19-16)14(6)11-9-2/h12-15H,8-11H2,1-7H3,(H,19,20). The first-order valence-corrected chi connectivity index (χ1v) is 8.51. The molecule has 0 saturated carbocycles. The second-order valence-corrected chi connectivity index (χ2v) is 6.83. The SMILES string of the molecule is CCCC(C)c1nc(C(C)CCC)c(C(C)C(C)C)[nH]1. The average Bonchev–Trinajstić information content (AvgIpc) is 2.83. The average molecular weight is 278 g/mol. The molecule has 1 heterocycles. The maximum atomic E-state index is 5.00. The number of hydrogen-bond acceptors (Lipinski definition) is 1. The van der Waals surface area contributed by atoms with Gasteiger partial charge >= 0.3 is 0 Å².